The summed E-state index contributed by atoms with van der Waals surface area (Å²) in [5, 5.41) is 0. The van der Waals surface area contributed by atoms with Crippen LogP contribution >= 0.6 is 11.8 Å². The molecule has 1 atom stereocenters. The fourth-order valence-electron chi connectivity index (χ4n) is 1.99. The SMILES string of the molecule is CC(C)c1ccc(C(N)CSc2cc(F)ccc2F)cc1. The van der Waals surface area contributed by atoms with Crippen LogP contribution in [0.4, 0.5) is 8.78 Å². The maximum Gasteiger partial charge on any atom is 0.136 e. The lowest BCUT2D eigenvalue weighted by atomic mass is 10.00. The van der Waals surface area contributed by atoms with E-state index in [9.17, 15) is 8.78 Å². The minimum absolute atomic E-state index is 0.209. The third-order valence-corrected chi connectivity index (χ3v) is 4.49. The Bertz CT molecular complexity index is 596. The Balaban J connectivity index is 2.01. The number of thioether (sulfide) groups is 1. The minimum Gasteiger partial charge on any atom is -0.323 e. The summed E-state index contributed by atoms with van der Waals surface area (Å²) in [7, 11) is 0. The molecular formula is C17H19F2NS. The molecule has 2 N–H and O–H groups in total. The van der Waals surface area contributed by atoms with E-state index in [-0.39, 0.29) is 6.04 Å². The van der Waals surface area contributed by atoms with E-state index in [0.717, 1.165) is 17.7 Å². The van der Waals surface area contributed by atoms with Crippen molar-refractivity contribution >= 4 is 11.8 Å². The topological polar surface area (TPSA) is 26.0 Å². The first-order valence-electron chi connectivity index (χ1n) is 6.90. The Kier molecular flexibility index (Phi) is 5.37. The zero-order valence-electron chi connectivity index (χ0n) is 12.1. The highest BCUT2D eigenvalue weighted by Crippen LogP contribution is 2.27. The predicted octanol–water partition coefficient (Wildman–Crippen LogP) is 4.88. The molecule has 21 heavy (non-hydrogen) atoms. The van der Waals surface area contributed by atoms with Gasteiger partial charge in [0.1, 0.15) is 11.6 Å². The lowest BCUT2D eigenvalue weighted by molar-refractivity contribution is 0.577. The molecule has 1 nitrogen and oxygen atoms in total. The van der Waals surface area contributed by atoms with Gasteiger partial charge in [-0.05, 0) is 35.2 Å². The number of hydrogen-bond donors (Lipinski definition) is 1. The van der Waals surface area contributed by atoms with Crippen LogP contribution in [-0.4, -0.2) is 5.75 Å². The summed E-state index contributed by atoms with van der Waals surface area (Å²) >= 11 is 1.23. The molecule has 0 fully saturated rings. The van der Waals surface area contributed by atoms with Gasteiger partial charge in [0.2, 0.25) is 0 Å². The Labute approximate surface area is 128 Å². The number of rotatable bonds is 5. The van der Waals surface area contributed by atoms with Crippen molar-refractivity contribution in [1.82, 2.24) is 0 Å². The summed E-state index contributed by atoms with van der Waals surface area (Å²) in [5.74, 6) is 0.130. The summed E-state index contributed by atoms with van der Waals surface area (Å²) < 4.78 is 26.6. The van der Waals surface area contributed by atoms with E-state index >= 15 is 0 Å². The molecule has 2 rings (SSSR count). The van der Waals surface area contributed by atoms with E-state index in [4.69, 9.17) is 5.73 Å². The van der Waals surface area contributed by atoms with Gasteiger partial charge >= 0.3 is 0 Å². The molecule has 112 valence electrons. The number of hydrogen-bond acceptors (Lipinski definition) is 2. The van der Waals surface area contributed by atoms with Crippen molar-refractivity contribution in [2.45, 2.75) is 30.7 Å². The van der Waals surface area contributed by atoms with Gasteiger partial charge in [-0.1, -0.05) is 38.1 Å². The molecule has 0 aliphatic carbocycles. The molecule has 2 aromatic rings. The molecule has 0 aliphatic rings. The fraction of sp³-hybridized carbons (Fsp3) is 0.294. The van der Waals surface area contributed by atoms with Crippen LogP contribution in [0, 0.1) is 11.6 Å². The van der Waals surface area contributed by atoms with Gasteiger partial charge in [0.05, 0.1) is 0 Å². The van der Waals surface area contributed by atoms with Crippen molar-refractivity contribution in [2.24, 2.45) is 5.73 Å². The zero-order valence-corrected chi connectivity index (χ0v) is 13.0. The van der Waals surface area contributed by atoms with E-state index in [1.54, 1.807) is 0 Å². The molecule has 0 amide bonds. The van der Waals surface area contributed by atoms with Crippen LogP contribution in [0.25, 0.3) is 0 Å². The Hall–Kier alpha value is -1.39. The fourth-order valence-corrected chi connectivity index (χ4v) is 2.95. The van der Waals surface area contributed by atoms with Crippen LogP contribution in [0.5, 0.6) is 0 Å². The molecule has 1 unspecified atom stereocenters. The van der Waals surface area contributed by atoms with Gasteiger partial charge in [0, 0.05) is 16.7 Å². The number of halogens is 2. The normalized spacial score (nSPS) is 12.7. The van der Waals surface area contributed by atoms with Crippen molar-refractivity contribution in [2.75, 3.05) is 5.75 Å². The Morgan fingerprint density at radius 1 is 1.00 bits per heavy atom. The molecule has 4 heteroatoms. The molecule has 0 heterocycles. The third kappa shape index (κ3) is 4.29. The van der Waals surface area contributed by atoms with E-state index in [1.165, 1.54) is 23.4 Å². The quantitative estimate of drug-likeness (QED) is 0.797. The van der Waals surface area contributed by atoms with Gasteiger partial charge < -0.3 is 5.73 Å². The molecule has 0 aliphatic heterocycles. The second-order valence-electron chi connectivity index (χ2n) is 5.31. The molecule has 0 aromatic heterocycles. The Morgan fingerprint density at radius 3 is 2.24 bits per heavy atom. The average Bonchev–Trinajstić information content (AvgIpc) is 2.48. The molecule has 0 saturated heterocycles. The number of nitrogens with two attached hydrogens (primary N) is 1. The van der Waals surface area contributed by atoms with Gasteiger partial charge in [0.15, 0.2) is 0 Å². The summed E-state index contributed by atoms with van der Waals surface area (Å²) in [6.07, 6.45) is 0. The van der Waals surface area contributed by atoms with Crippen molar-refractivity contribution in [3.63, 3.8) is 0 Å². The largest absolute Gasteiger partial charge is 0.323 e. The van der Waals surface area contributed by atoms with Gasteiger partial charge in [-0.25, -0.2) is 8.78 Å². The predicted molar refractivity (Wildman–Crippen MR) is 84.5 cm³/mol. The lowest BCUT2D eigenvalue weighted by Gasteiger charge is -2.13. The average molecular weight is 307 g/mol. The van der Waals surface area contributed by atoms with Gasteiger partial charge in [-0.2, -0.15) is 0 Å². The zero-order chi connectivity index (χ0) is 15.4. The molecule has 2 aromatic carbocycles. The first kappa shape index (κ1) is 16.0. The van der Waals surface area contributed by atoms with Crippen LogP contribution in [0.1, 0.15) is 36.9 Å². The first-order chi connectivity index (χ1) is 9.97. The molecular weight excluding hydrogens is 288 g/mol. The van der Waals surface area contributed by atoms with Crippen LogP contribution in [0.2, 0.25) is 0 Å². The van der Waals surface area contributed by atoms with Gasteiger partial charge in [0.25, 0.3) is 0 Å². The molecule has 0 bridgehead atoms. The summed E-state index contributed by atoms with van der Waals surface area (Å²) in [4.78, 5) is 0.296. The second-order valence-corrected chi connectivity index (χ2v) is 6.38. The monoisotopic (exact) mass is 307 g/mol. The van der Waals surface area contributed by atoms with Crippen LogP contribution in [0.15, 0.2) is 47.4 Å². The van der Waals surface area contributed by atoms with Gasteiger partial charge in [-0.3, -0.25) is 0 Å². The van der Waals surface area contributed by atoms with Crippen molar-refractivity contribution in [3.05, 3.63) is 65.2 Å². The second kappa shape index (κ2) is 7.05. The summed E-state index contributed by atoms with van der Waals surface area (Å²) in [6, 6.07) is 11.4. The maximum atomic E-state index is 13.5. The highest BCUT2D eigenvalue weighted by molar-refractivity contribution is 7.99. The van der Waals surface area contributed by atoms with E-state index < -0.39 is 11.6 Å². The van der Waals surface area contributed by atoms with E-state index in [1.807, 2.05) is 12.1 Å². The van der Waals surface area contributed by atoms with Crippen LogP contribution < -0.4 is 5.73 Å². The van der Waals surface area contributed by atoms with E-state index in [0.29, 0.717) is 16.6 Å². The minimum atomic E-state index is -0.436. The standard InChI is InChI=1S/C17H19F2NS/c1-11(2)12-3-5-13(6-4-12)16(20)10-21-17-9-14(18)7-8-15(17)19/h3-9,11,16H,10,20H2,1-2H3. The van der Waals surface area contributed by atoms with Crippen LogP contribution in [0.3, 0.4) is 0 Å². The first-order valence-corrected chi connectivity index (χ1v) is 7.89. The molecule has 0 radical (unpaired) electrons. The maximum absolute atomic E-state index is 13.5. The van der Waals surface area contributed by atoms with Crippen LogP contribution in [-0.2, 0) is 0 Å². The molecule has 0 saturated carbocycles. The summed E-state index contributed by atoms with van der Waals surface area (Å²) in [6.45, 7) is 4.27. The summed E-state index contributed by atoms with van der Waals surface area (Å²) in [5.41, 5.74) is 8.38. The molecule has 0 spiro atoms. The smallest absolute Gasteiger partial charge is 0.136 e. The Morgan fingerprint density at radius 2 is 1.62 bits per heavy atom. The lowest BCUT2D eigenvalue weighted by Crippen LogP contribution is -2.13. The van der Waals surface area contributed by atoms with Crippen molar-refractivity contribution in [1.29, 1.82) is 0 Å². The highest BCUT2D eigenvalue weighted by atomic mass is 32.2. The highest BCUT2D eigenvalue weighted by Gasteiger charge is 2.10. The third-order valence-electron chi connectivity index (χ3n) is 3.34. The van der Waals surface area contributed by atoms with Gasteiger partial charge in [-0.15, -0.1) is 11.8 Å². The van der Waals surface area contributed by atoms with Crippen molar-refractivity contribution < 1.29 is 8.78 Å². The van der Waals surface area contributed by atoms with Crippen molar-refractivity contribution in [3.8, 4) is 0 Å². The van der Waals surface area contributed by atoms with E-state index in [2.05, 4.69) is 26.0 Å². The number of benzene rings is 2.